The topological polar surface area (TPSA) is 36.6 Å². The maximum atomic E-state index is 11.8. The number of hydrogen-bond donors (Lipinski definition) is 1. The normalized spacial score (nSPS) is 18.0. The summed E-state index contributed by atoms with van der Waals surface area (Å²) in [7, 11) is -0.514. The number of benzene rings is 6. The number of rotatable bonds is 6. The molecule has 1 aromatic heterocycles. The molecule has 7 aromatic rings. The first-order chi connectivity index (χ1) is 24.9. The summed E-state index contributed by atoms with van der Waals surface area (Å²) in [4.78, 5) is 2.38. The number of aliphatic hydroxyl groups is 1. The van der Waals surface area contributed by atoms with Gasteiger partial charge in [0.25, 0.3) is 0 Å². The van der Waals surface area contributed by atoms with Crippen LogP contribution in [0.15, 0.2) is 167 Å². The Hall–Kier alpha value is -5.21. The van der Waals surface area contributed by atoms with Crippen LogP contribution in [-0.2, 0) is 0 Å². The van der Waals surface area contributed by atoms with E-state index < -0.39 is 13.1 Å². The van der Waals surface area contributed by atoms with Gasteiger partial charge in [-0.15, -0.1) is 0 Å². The molecule has 4 heteroatoms. The fourth-order valence-corrected chi connectivity index (χ4v) is 14.0. The van der Waals surface area contributed by atoms with Gasteiger partial charge in [0.2, 0.25) is 0 Å². The minimum atomic E-state index is -2.70. The van der Waals surface area contributed by atoms with Gasteiger partial charge in [-0.05, 0) is 5.39 Å². The van der Waals surface area contributed by atoms with Gasteiger partial charge in [-0.25, -0.2) is 0 Å². The van der Waals surface area contributed by atoms with Crippen molar-refractivity contribution in [3.05, 3.63) is 174 Å². The van der Waals surface area contributed by atoms with Crippen LogP contribution in [0.5, 0.6) is 0 Å². The fourth-order valence-electron chi connectivity index (χ4n) is 8.96. The van der Waals surface area contributed by atoms with Crippen molar-refractivity contribution in [1.82, 2.24) is 0 Å². The van der Waals surface area contributed by atoms with Crippen molar-refractivity contribution in [2.75, 3.05) is 11.9 Å². The quantitative estimate of drug-likeness (QED) is 0.177. The standard InChI is InChI=1S/C47H42NO2P/c1-31-13-11-18-38(29-31)51(32(2)49,36-16-5-4-6-17-36)37-26-23-33(24-27-37)35-25-28-43-42(30-35)45-41-20-9-10-22-44(41)50-47(45)46(48(43)3)40-21-12-15-34-14-7-8-19-39(34)40/h4-28,30-32,46,49,51H,29H2,1-3H3. The van der Waals surface area contributed by atoms with E-state index in [0.717, 1.165) is 34.3 Å². The first-order valence-electron chi connectivity index (χ1n) is 18.0. The predicted octanol–water partition coefficient (Wildman–Crippen LogP) is 11.0. The Morgan fingerprint density at radius 1 is 0.745 bits per heavy atom. The van der Waals surface area contributed by atoms with Crippen LogP contribution in [0.25, 0.3) is 44.0 Å². The maximum absolute atomic E-state index is 11.8. The van der Waals surface area contributed by atoms with Gasteiger partial charge in [0.15, 0.2) is 0 Å². The van der Waals surface area contributed by atoms with Crippen LogP contribution in [-0.4, -0.2) is 18.0 Å². The molecule has 0 amide bonds. The van der Waals surface area contributed by atoms with Crippen LogP contribution in [0.1, 0.15) is 37.6 Å². The summed E-state index contributed by atoms with van der Waals surface area (Å²) in [6.07, 6.45) is 7.69. The first-order valence-corrected chi connectivity index (χ1v) is 20.1. The minimum absolute atomic E-state index is 0.0701. The number of fused-ring (bicyclic) bond motifs is 6. The van der Waals surface area contributed by atoms with Crippen LogP contribution < -0.4 is 15.5 Å². The third-order valence-electron chi connectivity index (χ3n) is 11.3. The van der Waals surface area contributed by atoms with Gasteiger partial charge >= 0.3 is 260 Å². The molecule has 3 nitrogen and oxygen atoms in total. The SMILES string of the molecule is CC1C=CC=C([PH](c2ccccc2)(c2ccc(-c3ccc4c(c3)-c3c(oc5ccccc35)C(c3cccc5ccccc35)N4C)cc2)C(C)O)C1. The molecule has 0 saturated carbocycles. The van der Waals surface area contributed by atoms with E-state index in [1.807, 2.05) is 6.92 Å². The van der Waals surface area contributed by atoms with Gasteiger partial charge < -0.3 is 0 Å². The second kappa shape index (κ2) is 12.5. The summed E-state index contributed by atoms with van der Waals surface area (Å²) in [6.45, 7) is 4.26. The Kier molecular flexibility index (Phi) is 7.80. The van der Waals surface area contributed by atoms with Crippen molar-refractivity contribution in [2.24, 2.45) is 5.92 Å². The molecule has 3 unspecified atom stereocenters. The number of furan rings is 1. The first kappa shape index (κ1) is 31.7. The van der Waals surface area contributed by atoms with Gasteiger partial charge in [-0.2, -0.15) is 0 Å². The van der Waals surface area contributed by atoms with E-state index in [-0.39, 0.29) is 6.04 Å². The second-order valence-corrected chi connectivity index (χ2v) is 18.6. The van der Waals surface area contributed by atoms with Crippen LogP contribution in [0.2, 0.25) is 0 Å². The van der Waals surface area contributed by atoms with Crippen molar-refractivity contribution in [3.8, 4) is 22.3 Å². The van der Waals surface area contributed by atoms with E-state index in [4.69, 9.17) is 4.42 Å². The fraction of sp³-hybridized carbons (Fsp3) is 0.149. The molecule has 6 aromatic carbocycles. The number of para-hydroxylation sites is 1. The molecule has 0 fully saturated rings. The zero-order chi connectivity index (χ0) is 34.7. The van der Waals surface area contributed by atoms with Crippen LogP contribution in [0.4, 0.5) is 5.69 Å². The molecule has 9 rings (SSSR count). The molecule has 3 atom stereocenters. The number of allylic oxidation sites excluding steroid dienone is 4. The van der Waals surface area contributed by atoms with E-state index in [9.17, 15) is 5.11 Å². The van der Waals surface area contributed by atoms with E-state index >= 15 is 0 Å². The number of nitrogens with zero attached hydrogens (tertiary/aromatic N) is 1. The summed E-state index contributed by atoms with van der Waals surface area (Å²) in [5, 5.41) is 19.2. The molecule has 1 aliphatic heterocycles. The Morgan fingerprint density at radius 2 is 1.43 bits per heavy atom. The van der Waals surface area contributed by atoms with E-state index in [0.29, 0.717) is 5.92 Å². The molecular formula is C47H42NO2P. The van der Waals surface area contributed by atoms with Crippen molar-refractivity contribution in [2.45, 2.75) is 32.2 Å². The molecule has 252 valence electrons. The average Bonchev–Trinajstić information content (AvgIpc) is 3.55. The number of anilines is 1. The Bertz CT molecular complexity index is 2470. The third-order valence-corrected chi connectivity index (χ3v) is 16.5. The molecule has 0 spiro atoms. The van der Waals surface area contributed by atoms with Crippen molar-refractivity contribution in [1.29, 1.82) is 0 Å². The predicted molar refractivity (Wildman–Crippen MR) is 218 cm³/mol. The van der Waals surface area contributed by atoms with Gasteiger partial charge in [0, 0.05) is 0 Å². The molecular weight excluding hydrogens is 641 g/mol. The average molecular weight is 684 g/mol. The molecule has 0 saturated heterocycles. The second-order valence-electron chi connectivity index (χ2n) is 14.3. The van der Waals surface area contributed by atoms with Gasteiger partial charge in [0.1, 0.15) is 0 Å². The van der Waals surface area contributed by atoms with Gasteiger partial charge in [-0.1, -0.05) is 36.4 Å². The van der Waals surface area contributed by atoms with E-state index in [1.54, 1.807) is 0 Å². The van der Waals surface area contributed by atoms with Crippen LogP contribution in [0, 0.1) is 5.92 Å². The van der Waals surface area contributed by atoms with Gasteiger partial charge in [0.05, 0.1) is 0 Å². The zero-order valence-electron chi connectivity index (χ0n) is 29.3. The Labute approximate surface area is 300 Å². The molecule has 2 heterocycles. The Balaban J connectivity index is 1.17. The van der Waals surface area contributed by atoms with Gasteiger partial charge in [-0.3, -0.25) is 0 Å². The van der Waals surface area contributed by atoms with Crippen molar-refractivity contribution in [3.63, 3.8) is 0 Å². The summed E-state index contributed by atoms with van der Waals surface area (Å²) in [5.74, 6) is 0.934. The van der Waals surface area contributed by atoms with E-state index in [2.05, 4.69) is 177 Å². The monoisotopic (exact) mass is 683 g/mol. The summed E-state index contributed by atoms with van der Waals surface area (Å²) < 4.78 is 6.79. The van der Waals surface area contributed by atoms with E-state index in [1.165, 1.54) is 49.1 Å². The molecule has 2 aliphatic rings. The summed E-state index contributed by atoms with van der Waals surface area (Å²) >= 11 is 0. The van der Waals surface area contributed by atoms with Crippen molar-refractivity contribution < 1.29 is 9.52 Å². The molecule has 51 heavy (non-hydrogen) atoms. The number of aliphatic hydroxyl groups excluding tert-OH is 1. The summed E-state index contributed by atoms with van der Waals surface area (Å²) in [5.41, 5.74) is 8.00. The zero-order valence-corrected chi connectivity index (χ0v) is 30.3. The number of hydrogen-bond acceptors (Lipinski definition) is 3. The van der Waals surface area contributed by atoms with Crippen LogP contribution in [0.3, 0.4) is 0 Å². The Morgan fingerprint density at radius 3 is 2.22 bits per heavy atom. The van der Waals surface area contributed by atoms with Crippen molar-refractivity contribution >= 4 is 45.3 Å². The molecule has 0 radical (unpaired) electrons. The molecule has 1 aliphatic carbocycles. The molecule has 1 N–H and O–H groups in total. The van der Waals surface area contributed by atoms with Crippen LogP contribution >= 0.6 is 7.26 Å². The third kappa shape index (κ3) is 5.02. The summed E-state index contributed by atoms with van der Waals surface area (Å²) in [6, 6.07) is 50.3. The molecule has 0 bridgehead atoms.